The molecule has 106 valence electrons. The number of nitrogens with zero attached hydrogens (tertiary/aromatic N) is 1. The van der Waals surface area contributed by atoms with Crippen molar-refractivity contribution in [2.75, 3.05) is 5.32 Å². The summed E-state index contributed by atoms with van der Waals surface area (Å²) in [6.45, 7) is 1.89. The molecule has 4 nitrogen and oxygen atoms in total. The lowest BCUT2D eigenvalue weighted by molar-refractivity contribution is 0.102. The lowest BCUT2D eigenvalue weighted by Crippen LogP contribution is -2.11. The number of anilines is 1. The highest BCUT2D eigenvalue weighted by molar-refractivity contribution is 9.10. The Labute approximate surface area is 134 Å². The van der Waals surface area contributed by atoms with Crippen LogP contribution in [-0.4, -0.2) is 15.9 Å². The summed E-state index contributed by atoms with van der Waals surface area (Å²) in [6, 6.07) is 10.6. The number of nitrogens with one attached hydrogen (secondary N) is 2. The molecule has 0 bridgehead atoms. The molecule has 1 aromatic heterocycles. The quantitative estimate of drug-likeness (QED) is 0.701. The van der Waals surface area contributed by atoms with Gasteiger partial charge >= 0.3 is 0 Å². The standard InChI is InChI=1S/C15H11BrClN3O/c1-8-18-13-5-3-10(7-14(13)19-8)20-15(21)9-2-4-12(17)11(16)6-9/h2-7H,1H3,(H,18,19)(H,20,21). The van der Waals surface area contributed by atoms with E-state index in [0.717, 1.165) is 16.9 Å². The predicted octanol–water partition coefficient (Wildman–Crippen LogP) is 4.54. The van der Waals surface area contributed by atoms with E-state index in [1.54, 1.807) is 18.2 Å². The molecule has 3 rings (SSSR count). The lowest BCUT2D eigenvalue weighted by Gasteiger charge is -2.06. The van der Waals surface area contributed by atoms with Crippen LogP contribution in [0.3, 0.4) is 0 Å². The maximum absolute atomic E-state index is 12.2. The van der Waals surface area contributed by atoms with Crippen LogP contribution in [0.4, 0.5) is 5.69 Å². The van der Waals surface area contributed by atoms with E-state index in [0.29, 0.717) is 20.7 Å². The van der Waals surface area contributed by atoms with Gasteiger partial charge in [0.15, 0.2) is 0 Å². The van der Waals surface area contributed by atoms with Crippen molar-refractivity contribution < 1.29 is 4.79 Å². The molecule has 2 aromatic carbocycles. The Morgan fingerprint density at radius 1 is 1.29 bits per heavy atom. The third-order valence-electron chi connectivity index (χ3n) is 3.04. The average molecular weight is 365 g/mol. The number of aromatic amines is 1. The van der Waals surface area contributed by atoms with Gasteiger partial charge in [-0.2, -0.15) is 0 Å². The number of benzene rings is 2. The number of halogens is 2. The number of aromatic nitrogens is 2. The van der Waals surface area contributed by atoms with Crippen LogP contribution >= 0.6 is 27.5 Å². The number of rotatable bonds is 2. The molecule has 3 aromatic rings. The van der Waals surface area contributed by atoms with Crippen LogP contribution in [0, 0.1) is 6.92 Å². The molecule has 1 amide bonds. The van der Waals surface area contributed by atoms with Gasteiger partial charge < -0.3 is 10.3 Å². The molecule has 0 aliphatic rings. The zero-order valence-electron chi connectivity index (χ0n) is 11.1. The number of H-pyrrole nitrogens is 1. The topological polar surface area (TPSA) is 57.8 Å². The molecule has 6 heteroatoms. The Morgan fingerprint density at radius 3 is 2.86 bits per heavy atom. The van der Waals surface area contributed by atoms with Crippen LogP contribution in [0.25, 0.3) is 11.0 Å². The summed E-state index contributed by atoms with van der Waals surface area (Å²) in [6.07, 6.45) is 0. The second-order valence-electron chi connectivity index (χ2n) is 4.64. The number of hydrogen-bond donors (Lipinski definition) is 2. The Bertz CT molecular complexity index is 844. The van der Waals surface area contributed by atoms with Gasteiger partial charge in [-0.1, -0.05) is 11.6 Å². The van der Waals surface area contributed by atoms with E-state index in [1.165, 1.54) is 0 Å². The van der Waals surface area contributed by atoms with Crippen molar-refractivity contribution >= 4 is 50.2 Å². The van der Waals surface area contributed by atoms with E-state index < -0.39 is 0 Å². The number of carbonyl (C=O) groups excluding carboxylic acids is 1. The first kappa shape index (κ1) is 14.1. The molecule has 1 heterocycles. The predicted molar refractivity (Wildman–Crippen MR) is 87.9 cm³/mol. The zero-order valence-corrected chi connectivity index (χ0v) is 13.4. The number of carbonyl (C=O) groups is 1. The van der Waals surface area contributed by atoms with Crippen molar-refractivity contribution in [3.8, 4) is 0 Å². The molecule has 0 spiro atoms. The van der Waals surface area contributed by atoms with Gasteiger partial charge in [-0.05, 0) is 59.3 Å². The summed E-state index contributed by atoms with van der Waals surface area (Å²) in [4.78, 5) is 19.7. The van der Waals surface area contributed by atoms with E-state index in [1.807, 2.05) is 25.1 Å². The van der Waals surface area contributed by atoms with Gasteiger partial charge in [-0.15, -0.1) is 0 Å². The molecule has 0 aliphatic carbocycles. The number of fused-ring (bicyclic) bond motifs is 1. The van der Waals surface area contributed by atoms with E-state index in [4.69, 9.17) is 11.6 Å². The van der Waals surface area contributed by atoms with Gasteiger partial charge in [0.2, 0.25) is 0 Å². The summed E-state index contributed by atoms with van der Waals surface area (Å²) in [5.74, 6) is 0.651. The monoisotopic (exact) mass is 363 g/mol. The van der Waals surface area contributed by atoms with E-state index in [9.17, 15) is 4.79 Å². The van der Waals surface area contributed by atoms with Crippen molar-refractivity contribution in [1.29, 1.82) is 0 Å². The minimum Gasteiger partial charge on any atom is -0.342 e. The van der Waals surface area contributed by atoms with Crippen LogP contribution in [0.5, 0.6) is 0 Å². The number of amides is 1. The van der Waals surface area contributed by atoms with Gasteiger partial charge in [0.05, 0.1) is 16.1 Å². The van der Waals surface area contributed by atoms with Crippen molar-refractivity contribution in [2.24, 2.45) is 0 Å². The molecule has 21 heavy (non-hydrogen) atoms. The summed E-state index contributed by atoms with van der Waals surface area (Å²) < 4.78 is 0.691. The van der Waals surface area contributed by atoms with Crippen LogP contribution in [0.15, 0.2) is 40.9 Å². The molecule has 0 saturated carbocycles. The molecular formula is C15H11BrClN3O. The summed E-state index contributed by atoms with van der Waals surface area (Å²) >= 11 is 9.23. The van der Waals surface area contributed by atoms with Crippen molar-refractivity contribution in [1.82, 2.24) is 9.97 Å². The fourth-order valence-corrected chi connectivity index (χ4v) is 2.55. The first-order valence-corrected chi connectivity index (χ1v) is 7.43. The molecule has 0 saturated heterocycles. The number of hydrogen-bond acceptors (Lipinski definition) is 2. The highest BCUT2D eigenvalue weighted by Gasteiger charge is 2.09. The van der Waals surface area contributed by atoms with Crippen LogP contribution < -0.4 is 5.32 Å². The largest absolute Gasteiger partial charge is 0.342 e. The third-order valence-corrected chi connectivity index (χ3v) is 4.25. The van der Waals surface area contributed by atoms with Gasteiger partial charge in [-0.3, -0.25) is 4.79 Å². The third kappa shape index (κ3) is 2.94. The van der Waals surface area contributed by atoms with Gasteiger partial charge in [0, 0.05) is 15.7 Å². The summed E-state index contributed by atoms with van der Waals surface area (Å²) in [5.41, 5.74) is 3.01. The maximum atomic E-state index is 12.2. The van der Waals surface area contributed by atoms with Gasteiger partial charge in [-0.25, -0.2) is 4.98 Å². The fourth-order valence-electron chi connectivity index (χ4n) is 2.06. The number of aryl methyl sites for hydroxylation is 1. The highest BCUT2D eigenvalue weighted by atomic mass is 79.9. The summed E-state index contributed by atoms with van der Waals surface area (Å²) in [7, 11) is 0. The highest BCUT2D eigenvalue weighted by Crippen LogP contribution is 2.24. The van der Waals surface area contributed by atoms with E-state index >= 15 is 0 Å². The van der Waals surface area contributed by atoms with Crippen molar-refractivity contribution in [2.45, 2.75) is 6.92 Å². The van der Waals surface area contributed by atoms with E-state index in [2.05, 4.69) is 31.2 Å². The molecule has 0 atom stereocenters. The first-order chi connectivity index (χ1) is 10.0. The molecule has 0 radical (unpaired) electrons. The molecular weight excluding hydrogens is 354 g/mol. The van der Waals surface area contributed by atoms with Crippen LogP contribution in [0.2, 0.25) is 5.02 Å². The Morgan fingerprint density at radius 2 is 2.10 bits per heavy atom. The first-order valence-electron chi connectivity index (χ1n) is 6.26. The van der Waals surface area contributed by atoms with Crippen molar-refractivity contribution in [3.05, 3.63) is 57.3 Å². The average Bonchev–Trinajstić information content (AvgIpc) is 2.81. The Hall–Kier alpha value is -1.85. The maximum Gasteiger partial charge on any atom is 0.255 e. The summed E-state index contributed by atoms with van der Waals surface area (Å²) in [5, 5.41) is 3.43. The van der Waals surface area contributed by atoms with E-state index in [-0.39, 0.29) is 5.91 Å². The minimum absolute atomic E-state index is 0.192. The van der Waals surface area contributed by atoms with Crippen molar-refractivity contribution in [3.63, 3.8) is 0 Å². The van der Waals surface area contributed by atoms with Crippen LogP contribution in [-0.2, 0) is 0 Å². The van der Waals surface area contributed by atoms with Gasteiger partial charge in [0.25, 0.3) is 5.91 Å². The smallest absolute Gasteiger partial charge is 0.255 e. The fraction of sp³-hybridized carbons (Fsp3) is 0.0667. The molecule has 0 aliphatic heterocycles. The lowest BCUT2D eigenvalue weighted by atomic mass is 10.2. The van der Waals surface area contributed by atoms with Gasteiger partial charge in [0.1, 0.15) is 5.82 Å². The van der Waals surface area contributed by atoms with Crippen LogP contribution in [0.1, 0.15) is 16.2 Å². The molecule has 0 fully saturated rings. The molecule has 0 unspecified atom stereocenters. The zero-order chi connectivity index (χ0) is 15.0. The Kier molecular flexibility index (Phi) is 3.69. The number of imidazole rings is 1. The molecule has 2 N–H and O–H groups in total. The normalized spacial score (nSPS) is 10.8. The Balaban J connectivity index is 1.86. The second kappa shape index (κ2) is 5.50. The minimum atomic E-state index is -0.192. The SMILES string of the molecule is Cc1nc2ccc(NC(=O)c3ccc(Cl)c(Br)c3)cc2[nH]1. The second-order valence-corrected chi connectivity index (χ2v) is 5.90.